The highest BCUT2D eigenvalue weighted by atomic mass is 32.2. The Bertz CT molecular complexity index is 1430. The Morgan fingerprint density at radius 3 is 2.59 bits per heavy atom. The largest absolute Gasteiger partial charge is 0.323 e. The van der Waals surface area contributed by atoms with Crippen molar-refractivity contribution in [2.75, 3.05) is 11.1 Å². The molecule has 1 N–H and O–H groups in total. The number of benzene rings is 3. The highest BCUT2D eigenvalue weighted by Gasteiger charge is 2.16. The standard InChI is InChI=1S/C23H14F2N4O2S/c24-15-7-10-18(25)20(11-15)27-21(30)13-32-23-28-19-4-2-1-3-17(19)22(31)29(23)16-8-5-14(12-26)6-9-16/h1-11H,13H2,(H,27,30). The fourth-order valence-corrected chi connectivity index (χ4v) is 3.84. The van der Waals surface area contributed by atoms with Crippen LogP contribution < -0.4 is 10.9 Å². The third-order valence-electron chi connectivity index (χ3n) is 4.53. The van der Waals surface area contributed by atoms with Gasteiger partial charge in [-0.05, 0) is 48.5 Å². The molecule has 0 fully saturated rings. The summed E-state index contributed by atoms with van der Waals surface area (Å²) in [6.45, 7) is 0. The third kappa shape index (κ3) is 4.36. The molecule has 0 aliphatic heterocycles. The van der Waals surface area contributed by atoms with Crippen molar-refractivity contribution in [1.82, 2.24) is 9.55 Å². The second-order valence-electron chi connectivity index (χ2n) is 6.67. The fraction of sp³-hybridized carbons (Fsp3) is 0.0435. The summed E-state index contributed by atoms with van der Waals surface area (Å²) in [5.74, 6) is -2.23. The Morgan fingerprint density at radius 2 is 1.84 bits per heavy atom. The highest BCUT2D eigenvalue weighted by molar-refractivity contribution is 7.99. The molecule has 3 aromatic carbocycles. The van der Waals surface area contributed by atoms with E-state index in [-0.39, 0.29) is 22.2 Å². The van der Waals surface area contributed by atoms with Crippen molar-refractivity contribution >= 4 is 34.3 Å². The van der Waals surface area contributed by atoms with Gasteiger partial charge in [0.25, 0.3) is 5.56 Å². The number of nitriles is 1. The molecule has 0 spiro atoms. The highest BCUT2D eigenvalue weighted by Crippen LogP contribution is 2.22. The maximum absolute atomic E-state index is 13.8. The van der Waals surface area contributed by atoms with Crippen LogP contribution in [0.1, 0.15) is 5.56 Å². The van der Waals surface area contributed by atoms with Crippen LogP contribution in [-0.4, -0.2) is 21.2 Å². The summed E-state index contributed by atoms with van der Waals surface area (Å²) in [7, 11) is 0. The lowest BCUT2D eigenvalue weighted by atomic mass is 10.2. The first-order chi connectivity index (χ1) is 15.5. The van der Waals surface area contributed by atoms with E-state index < -0.39 is 17.5 Å². The van der Waals surface area contributed by atoms with Crippen LogP contribution in [0.3, 0.4) is 0 Å². The molecule has 9 heteroatoms. The zero-order valence-electron chi connectivity index (χ0n) is 16.4. The number of aromatic nitrogens is 2. The Balaban J connectivity index is 1.68. The van der Waals surface area contributed by atoms with Gasteiger partial charge in [0.2, 0.25) is 5.91 Å². The second kappa shape index (κ2) is 8.99. The monoisotopic (exact) mass is 448 g/mol. The first-order valence-electron chi connectivity index (χ1n) is 9.36. The van der Waals surface area contributed by atoms with E-state index in [9.17, 15) is 18.4 Å². The molecule has 6 nitrogen and oxygen atoms in total. The Morgan fingerprint density at radius 1 is 1.09 bits per heavy atom. The van der Waals surface area contributed by atoms with Crippen molar-refractivity contribution in [2.45, 2.75) is 5.16 Å². The number of para-hydroxylation sites is 1. The lowest BCUT2D eigenvalue weighted by molar-refractivity contribution is -0.113. The molecule has 0 bridgehead atoms. The number of halogens is 2. The molecule has 0 unspecified atom stereocenters. The first kappa shape index (κ1) is 21.2. The van der Waals surface area contributed by atoms with E-state index in [2.05, 4.69) is 10.3 Å². The van der Waals surface area contributed by atoms with Crippen LogP contribution in [0.2, 0.25) is 0 Å². The average Bonchev–Trinajstić information content (AvgIpc) is 2.80. The number of hydrogen-bond acceptors (Lipinski definition) is 5. The van der Waals surface area contributed by atoms with Gasteiger partial charge < -0.3 is 5.32 Å². The van der Waals surface area contributed by atoms with Crippen molar-refractivity contribution < 1.29 is 13.6 Å². The van der Waals surface area contributed by atoms with Gasteiger partial charge in [-0.2, -0.15) is 5.26 Å². The summed E-state index contributed by atoms with van der Waals surface area (Å²) < 4.78 is 28.5. The summed E-state index contributed by atoms with van der Waals surface area (Å²) in [5, 5.41) is 12.0. The van der Waals surface area contributed by atoms with Crippen molar-refractivity contribution in [2.24, 2.45) is 0 Å². The number of thioether (sulfide) groups is 1. The first-order valence-corrected chi connectivity index (χ1v) is 10.3. The predicted molar refractivity (Wildman–Crippen MR) is 118 cm³/mol. The number of hydrogen-bond donors (Lipinski definition) is 1. The van der Waals surface area contributed by atoms with Crippen LogP contribution in [0.15, 0.2) is 76.7 Å². The van der Waals surface area contributed by atoms with Crippen LogP contribution in [0.4, 0.5) is 14.5 Å². The summed E-state index contributed by atoms with van der Waals surface area (Å²) in [4.78, 5) is 30.0. The molecule has 1 aromatic heterocycles. The molecule has 0 radical (unpaired) electrons. The number of fused-ring (bicyclic) bond motifs is 1. The molecule has 0 saturated carbocycles. The van der Waals surface area contributed by atoms with Crippen molar-refractivity contribution in [3.8, 4) is 11.8 Å². The molecule has 0 atom stereocenters. The van der Waals surface area contributed by atoms with Crippen LogP contribution >= 0.6 is 11.8 Å². The number of carbonyl (C=O) groups is 1. The normalized spacial score (nSPS) is 10.7. The zero-order valence-corrected chi connectivity index (χ0v) is 17.2. The lowest BCUT2D eigenvalue weighted by Crippen LogP contribution is -2.23. The van der Waals surface area contributed by atoms with E-state index >= 15 is 0 Å². The zero-order chi connectivity index (χ0) is 22.7. The number of nitrogens with zero attached hydrogens (tertiary/aromatic N) is 3. The molecule has 32 heavy (non-hydrogen) atoms. The van der Waals surface area contributed by atoms with Crippen LogP contribution in [0.5, 0.6) is 0 Å². The van der Waals surface area contributed by atoms with Crippen LogP contribution in [0, 0.1) is 23.0 Å². The quantitative estimate of drug-likeness (QED) is 0.364. The van der Waals surface area contributed by atoms with Gasteiger partial charge in [-0.25, -0.2) is 13.8 Å². The molecular formula is C23H14F2N4O2S. The van der Waals surface area contributed by atoms with Gasteiger partial charge in [-0.1, -0.05) is 23.9 Å². The van der Waals surface area contributed by atoms with E-state index in [0.717, 1.165) is 30.0 Å². The van der Waals surface area contributed by atoms with Gasteiger partial charge in [-0.3, -0.25) is 14.2 Å². The van der Waals surface area contributed by atoms with Crippen LogP contribution in [-0.2, 0) is 4.79 Å². The molecule has 4 rings (SSSR count). The minimum absolute atomic E-state index is 0.197. The number of rotatable bonds is 5. The van der Waals surface area contributed by atoms with E-state index in [0.29, 0.717) is 22.2 Å². The molecule has 158 valence electrons. The second-order valence-corrected chi connectivity index (χ2v) is 7.61. The molecule has 4 aromatic rings. The summed E-state index contributed by atoms with van der Waals surface area (Å²) in [5.41, 5.74) is 0.764. The molecule has 0 aliphatic carbocycles. The Labute approximate surface area is 185 Å². The average molecular weight is 448 g/mol. The summed E-state index contributed by atoms with van der Waals surface area (Å²) in [6.07, 6.45) is 0. The lowest BCUT2D eigenvalue weighted by Gasteiger charge is -2.13. The summed E-state index contributed by atoms with van der Waals surface area (Å²) >= 11 is 0.977. The smallest absolute Gasteiger partial charge is 0.266 e. The number of nitrogens with one attached hydrogen (secondary N) is 1. The van der Waals surface area contributed by atoms with Gasteiger partial charge in [0.05, 0.1) is 39.7 Å². The van der Waals surface area contributed by atoms with E-state index in [1.54, 1.807) is 48.5 Å². The van der Waals surface area contributed by atoms with E-state index in [1.807, 2.05) is 6.07 Å². The predicted octanol–water partition coefficient (Wildman–Crippen LogP) is 4.27. The van der Waals surface area contributed by atoms with Gasteiger partial charge in [-0.15, -0.1) is 0 Å². The SMILES string of the molecule is N#Cc1ccc(-n2c(SCC(=O)Nc3cc(F)ccc3F)nc3ccccc3c2=O)cc1. The van der Waals surface area contributed by atoms with E-state index in [4.69, 9.17) is 5.26 Å². The molecule has 0 saturated heterocycles. The van der Waals surface area contributed by atoms with E-state index in [1.165, 1.54) is 4.57 Å². The summed E-state index contributed by atoms with van der Waals surface area (Å²) in [6, 6.07) is 18.0. The number of anilines is 1. The maximum Gasteiger partial charge on any atom is 0.266 e. The topological polar surface area (TPSA) is 87.8 Å². The molecular weight excluding hydrogens is 434 g/mol. The van der Waals surface area contributed by atoms with Gasteiger partial charge in [0.15, 0.2) is 5.16 Å². The molecule has 1 amide bonds. The number of amides is 1. The van der Waals surface area contributed by atoms with Crippen molar-refractivity contribution in [1.29, 1.82) is 5.26 Å². The van der Waals surface area contributed by atoms with Crippen molar-refractivity contribution in [3.05, 3.63) is 94.3 Å². The number of carbonyl (C=O) groups excluding carboxylic acids is 1. The van der Waals surface area contributed by atoms with Gasteiger partial charge >= 0.3 is 0 Å². The fourth-order valence-electron chi connectivity index (χ4n) is 3.03. The molecule has 1 heterocycles. The maximum atomic E-state index is 13.8. The Hall–Kier alpha value is -4.03. The van der Waals surface area contributed by atoms with Gasteiger partial charge in [0.1, 0.15) is 11.6 Å². The minimum Gasteiger partial charge on any atom is -0.323 e. The minimum atomic E-state index is -0.761. The van der Waals surface area contributed by atoms with Crippen molar-refractivity contribution in [3.63, 3.8) is 0 Å². The molecule has 0 aliphatic rings. The third-order valence-corrected chi connectivity index (χ3v) is 5.47. The van der Waals surface area contributed by atoms with Gasteiger partial charge in [0, 0.05) is 6.07 Å². The Kier molecular flexibility index (Phi) is 5.96. The van der Waals surface area contributed by atoms with Crippen LogP contribution in [0.25, 0.3) is 16.6 Å².